The van der Waals surface area contributed by atoms with Gasteiger partial charge in [0.05, 0.1) is 25.4 Å². The van der Waals surface area contributed by atoms with Gasteiger partial charge in [0.15, 0.2) is 6.17 Å². The van der Waals surface area contributed by atoms with Crippen molar-refractivity contribution < 1.29 is 23.4 Å². The third kappa shape index (κ3) is 2.16. The van der Waals surface area contributed by atoms with Gasteiger partial charge in [-0.15, -0.1) is 0 Å². The summed E-state index contributed by atoms with van der Waals surface area (Å²) in [5.74, 6) is 0.294. The Labute approximate surface area is 116 Å². The van der Waals surface area contributed by atoms with Gasteiger partial charge in [0, 0.05) is 12.8 Å². The summed E-state index contributed by atoms with van der Waals surface area (Å²) in [5.41, 5.74) is 0.516. The van der Waals surface area contributed by atoms with E-state index < -0.39 is 11.8 Å². The van der Waals surface area contributed by atoms with Crippen LogP contribution in [-0.2, 0) is 15.9 Å². The summed E-state index contributed by atoms with van der Waals surface area (Å²) >= 11 is 0. The summed E-state index contributed by atoms with van der Waals surface area (Å²) in [7, 11) is 0. The fourth-order valence-corrected chi connectivity index (χ4v) is 2.79. The number of fused-ring (bicyclic) bond motifs is 1. The number of esters is 1. The molecule has 0 aromatic heterocycles. The largest absolute Gasteiger partial charge is 0.483 e. The second kappa shape index (κ2) is 5.05. The van der Waals surface area contributed by atoms with Crippen LogP contribution >= 0.6 is 0 Å². The number of benzene rings is 1. The Bertz CT molecular complexity index is 531. The van der Waals surface area contributed by atoms with Gasteiger partial charge in [-0.05, 0) is 30.7 Å². The van der Waals surface area contributed by atoms with E-state index in [0.29, 0.717) is 37.4 Å². The summed E-state index contributed by atoms with van der Waals surface area (Å²) in [6, 6.07) is 5.12. The van der Waals surface area contributed by atoms with Crippen molar-refractivity contribution in [3.63, 3.8) is 0 Å². The molecule has 4 nitrogen and oxygen atoms in total. The third-order valence-corrected chi connectivity index (χ3v) is 3.88. The molecule has 0 saturated carbocycles. The third-order valence-electron chi connectivity index (χ3n) is 3.88. The fraction of sp³-hybridized carbons (Fsp3) is 0.533. The minimum absolute atomic E-state index is 0.0682. The monoisotopic (exact) mass is 280 g/mol. The van der Waals surface area contributed by atoms with Crippen LogP contribution < -0.4 is 4.74 Å². The van der Waals surface area contributed by atoms with Crippen LogP contribution in [0.1, 0.15) is 29.3 Å². The van der Waals surface area contributed by atoms with Crippen molar-refractivity contribution in [1.29, 1.82) is 0 Å². The molecular formula is C15H17FO4. The number of carbonyl (C=O) groups is 1. The van der Waals surface area contributed by atoms with Crippen LogP contribution in [0.5, 0.6) is 5.75 Å². The molecule has 1 fully saturated rings. The first kappa shape index (κ1) is 13.4. The minimum Gasteiger partial charge on any atom is -0.483 e. The lowest BCUT2D eigenvalue weighted by Crippen LogP contribution is -2.50. The molecule has 2 aliphatic heterocycles. The van der Waals surface area contributed by atoms with Crippen molar-refractivity contribution in [2.45, 2.75) is 31.5 Å². The van der Waals surface area contributed by atoms with E-state index in [2.05, 4.69) is 0 Å². The van der Waals surface area contributed by atoms with E-state index in [1.165, 1.54) is 0 Å². The lowest BCUT2D eigenvalue weighted by atomic mass is 9.87. The SMILES string of the molecule is CCOC(=O)c1ccc2c(c1)CC1(CCOCC1F)O2. The molecular weight excluding hydrogens is 263 g/mol. The molecule has 2 unspecified atom stereocenters. The number of carbonyl (C=O) groups excluding carboxylic acids is 1. The molecule has 1 aromatic carbocycles. The van der Waals surface area contributed by atoms with E-state index >= 15 is 0 Å². The predicted molar refractivity (Wildman–Crippen MR) is 69.8 cm³/mol. The molecule has 0 N–H and O–H groups in total. The van der Waals surface area contributed by atoms with Crippen molar-refractivity contribution >= 4 is 5.97 Å². The zero-order valence-corrected chi connectivity index (χ0v) is 11.4. The molecule has 2 heterocycles. The summed E-state index contributed by atoms with van der Waals surface area (Å²) in [4.78, 5) is 11.7. The van der Waals surface area contributed by atoms with Gasteiger partial charge in [-0.2, -0.15) is 0 Å². The molecule has 0 radical (unpaired) electrons. The van der Waals surface area contributed by atoms with Gasteiger partial charge in [0.2, 0.25) is 0 Å². The van der Waals surface area contributed by atoms with Crippen LogP contribution in [-0.4, -0.2) is 37.6 Å². The van der Waals surface area contributed by atoms with Crippen LogP contribution in [0.2, 0.25) is 0 Å². The quantitative estimate of drug-likeness (QED) is 0.780. The number of alkyl halides is 1. The lowest BCUT2D eigenvalue weighted by molar-refractivity contribution is -0.0954. The van der Waals surface area contributed by atoms with Crippen LogP contribution in [0.25, 0.3) is 0 Å². The van der Waals surface area contributed by atoms with E-state index in [4.69, 9.17) is 14.2 Å². The smallest absolute Gasteiger partial charge is 0.338 e. The Morgan fingerprint density at radius 1 is 1.55 bits per heavy atom. The highest BCUT2D eigenvalue weighted by atomic mass is 19.1. The molecule has 0 bridgehead atoms. The van der Waals surface area contributed by atoms with Crippen LogP contribution in [0.15, 0.2) is 18.2 Å². The maximum absolute atomic E-state index is 14.1. The van der Waals surface area contributed by atoms with E-state index in [0.717, 1.165) is 5.56 Å². The normalized spacial score (nSPS) is 28.0. The Balaban J connectivity index is 1.84. The van der Waals surface area contributed by atoms with E-state index in [-0.39, 0.29) is 12.6 Å². The predicted octanol–water partition coefficient (Wildman–Crippen LogP) is 2.30. The highest BCUT2D eigenvalue weighted by molar-refractivity contribution is 5.90. The second-order valence-corrected chi connectivity index (χ2v) is 5.18. The molecule has 2 aliphatic rings. The van der Waals surface area contributed by atoms with Gasteiger partial charge < -0.3 is 14.2 Å². The number of hydrogen-bond acceptors (Lipinski definition) is 4. The highest BCUT2D eigenvalue weighted by Crippen LogP contribution is 2.42. The summed E-state index contributed by atoms with van der Waals surface area (Å²) in [6.45, 7) is 2.66. The van der Waals surface area contributed by atoms with Crippen LogP contribution in [0.3, 0.4) is 0 Å². The Morgan fingerprint density at radius 2 is 2.40 bits per heavy atom. The molecule has 5 heteroatoms. The molecule has 2 atom stereocenters. The maximum Gasteiger partial charge on any atom is 0.338 e. The Kier molecular flexibility index (Phi) is 3.38. The molecule has 20 heavy (non-hydrogen) atoms. The summed E-state index contributed by atoms with van der Waals surface area (Å²) in [5, 5.41) is 0. The van der Waals surface area contributed by atoms with Gasteiger partial charge in [0.1, 0.15) is 11.4 Å². The van der Waals surface area contributed by atoms with Crippen molar-refractivity contribution in [3.8, 4) is 5.75 Å². The first-order chi connectivity index (χ1) is 9.64. The maximum atomic E-state index is 14.1. The first-order valence-electron chi connectivity index (χ1n) is 6.85. The molecule has 3 rings (SSSR count). The molecule has 0 aliphatic carbocycles. The molecule has 108 valence electrons. The summed E-state index contributed by atoms with van der Waals surface area (Å²) < 4.78 is 30.1. The highest BCUT2D eigenvalue weighted by Gasteiger charge is 2.48. The Hall–Kier alpha value is -1.62. The topological polar surface area (TPSA) is 44.8 Å². The number of ether oxygens (including phenoxy) is 3. The summed E-state index contributed by atoms with van der Waals surface area (Å²) in [6.07, 6.45) is -0.146. The minimum atomic E-state index is -1.14. The van der Waals surface area contributed by atoms with E-state index in [1.807, 2.05) is 0 Å². The van der Waals surface area contributed by atoms with Crippen molar-refractivity contribution in [1.82, 2.24) is 0 Å². The molecule has 1 spiro atoms. The average Bonchev–Trinajstić information content (AvgIpc) is 2.80. The van der Waals surface area contributed by atoms with Gasteiger partial charge in [-0.3, -0.25) is 0 Å². The first-order valence-corrected chi connectivity index (χ1v) is 6.85. The van der Waals surface area contributed by atoms with Crippen LogP contribution in [0, 0.1) is 0 Å². The lowest BCUT2D eigenvalue weighted by Gasteiger charge is -2.35. The molecule has 0 amide bonds. The van der Waals surface area contributed by atoms with Gasteiger partial charge in [-0.1, -0.05) is 0 Å². The van der Waals surface area contributed by atoms with Gasteiger partial charge >= 0.3 is 5.97 Å². The number of hydrogen-bond donors (Lipinski definition) is 0. The second-order valence-electron chi connectivity index (χ2n) is 5.18. The number of rotatable bonds is 2. The van der Waals surface area contributed by atoms with Crippen molar-refractivity contribution in [2.75, 3.05) is 19.8 Å². The standard InChI is InChI=1S/C15H17FO4/c1-2-19-14(17)10-3-4-12-11(7-10)8-15(20-12)5-6-18-9-13(15)16/h3-4,7,13H,2,5-6,8-9H2,1H3. The fourth-order valence-electron chi connectivity index (χ4n) is 2.79. The molecule has 1 aromatic rings. The van der Waals surface area contributed by atoms with E-state index in [1.54, 1.807) is 25.1 Å². The molecule has 1 saturated heterocycles. The van der Waals surface area contributed by atoms with Crippen molar-refractivity contribution in [3.05, 3.63) is 29.3 Å². The van der Waals surface area contributed by atoms with Gasteiger partial charge in [0.25, 0.3) is 0 Å². The zero-order valence-electron chi connectivity index (χ0n) is 11.4. The van der Waals surface area contributed by atoms with E-state index in [9.17, 15) is 9.18 Å². The number of halogens is 1. The average molecular weight is 280 g/mol. The van der Waals surface area contributed by atoms with Crippen LogP contribution in [0.4, 0.5) is 4.39 Å². The van der Waals surface area contributed by atoms with Gasteiger partial charge in [-0.25, -0.2) is 9.18 Å². The zero-order chi connectivity index (χ0) is 14.2. The Morgan fingerprint density at radius 3 is 3.15 bits per heavy atom. The van der Waals surface area contributed by atoms with Crippen molar-refractivity contribution in [2.24, 2.45) is 0 Å².